The number of anilines is 1. The molecule has 0 amide bonds. The number of nitrogens with zero attached hydrogens (tertiary/aromatic N) is 3. The van der Waals surface area contributed by atoms with Crippen molar-refractivity contribution in [2.45, 2.75) is 25.8 Å². The van der Waals surface area contributed by atoms with Gasteiger partial charge in [-0.05, 0) is 25.8 Å². The Balaban J connectivity index is 1.99. The van der Waals surface area contributed by atoms with E-state index in [1.165, 1.54) is 18.4 Å². The quantitative estimate of drug-likeness (QED) is 0.817. The monoisotopic (exact) mass is 234 g/mol. The van der Waals surface area contributed by atoms with Crippen LogP contribution >= 0.6 is 0 Å². The molecular weight excluding hydrogens is 216 g/mol. The second-order valence-electron chi connectivity index (χ2n) is 4.58. The topological polar surface area (TPSA) is 50.3 Å². The van der Waals surface area contributed by atoms with Gasteiger partial charge in [-0.3, -0.25) is 0 Å². The zero-order valence-corrected chi connectivity index (χ0v) is 10.2. The molecule has 0 atom stereocenters. The zero-order chi connectivity index (χ0) is 11.7. The van der Waals surface area contributed by atoms with Crippen LogP contribution in [0.5, 0.6) is 5.88 Å². The normalized spacial score (nSPS) is 19.2. The third kappa shape index (κ3) is 1.95. The Labute approximate surface area is 101 Å². The summed E-state index contributed by atoms with van der Waals surface area (Å²) in [5, 5.41) is 3.35. The van der Waals surface area contributed by atoms with Crippen LogP contribution in [-0.2, 0) is 13.0 Å². The van der Waals surface area contributed by atoms with Crippen molar-refractivity contribution >= 4 is 5.95 Å². The van der Waals surface area contributed by atoms with E-state index in [-0.39, 0.29) is 0 Å². The van der Waals surface area contributed by atoms with Gasteiger partial charge in [0, 0.05) is 25.2 Å². The molecule has 92 valence electrons. The summed E-state index contributed by atoms with van der Waals surface area (Å²) in [7, 11) is 1.69. The SMILES string of the molecule is COc1nc(N2CCCC2)nc2c1CCNC2. The number of hydrogen-bond donors (Lipinski definition) is 1. The van der Waals surface area contributed by atoms with Crippen LogP contribution < -0.4 is 15.0 Å². The second-order valence-corrected chi connectivity index (χ2v) is 4.58. The van der Waals surface area contributed by atoms with Gasteiger partial charge in [-0.25, -0.2) is 4.98 Å². The Kier molecular flexibility index (Phi) is 2.84. The van der Waals surface area contributed by atoms with Gasteiger partial charge in [-0.1, -0.05) is 0 Å². The van der Waals surface area contributed by atoms with Crippen molar-refractivity contribution in [1.82, 2.24) is 15.3 Å². The van der Waals surface area contributed by atoms with Gasteiger partial charge in [0.05, 0.1) is 12.8 Å². The Morgan fingerprint density at radius 2 is 2.06 bits per heavy atom. The number of nitrogens with one attached hydrogen (secondary N) is 1. The maximum Gasteiger partial charge on any atom is 0.228 e. The summed E-state index contributed by atoms with van der Waals surface area (Å²) >= 11 is 0. The van der Waals surface area contributed by atoms with Gasteiger partial charge in [0.15, 0.2) is 0 Å². The highest BCUT2D eigenvalue weighted by molar-refractivity contribution is 5.42. The van der Waals surface area contributed by atoms with Crippen LogP contribution in [0.1, 0.15) is 24.1 Å². The van der Waals surface area contributed by atoms with Crippen molar-refractivity contribution in [1.29, 1.82) is 0 Å². The van der Waals surface area contributed by atoms with Gasteiger partial charge in [-0.2, -0.15) is 4.98 Å². The molecule has 1 aromatic heterocycles. The molecular formula is C12H18N4O. The van der Waals surface area contributed by atoms with E-state index in [4.69, 9.17) is 4.74 Å². The van der Waals surface area contributed by atoms with Crippen LogP contribution in [0, 0.1) is 0 Å². The van der Waals surface area contributed by atoms with Crippen molar-refractivity contribution in [2.24, 2.45) is 0 Å². The van der Waals surface area contributed by atoms with Gasteiger partial charge in [0.2, 0.25) is 11.8 Å². The van der Waals surface area contributed by atoms with Crippen molar-refractivity contribution in [3.8, 4) is 5.88 Å². The standard InChI is InChI=1S/C12H18N4O/c1-17-11-9-4-5-13-8-10(9)14-12(15-11)16-6-2-3-7-16/h13H,2-8H2,1H3. The Hall–Kier alpha value is -1.36. The van der Waals surface area contributed by atoms with E-state index in [1.807, 2.05) is 0 Å². The number of aromatic nitrogens is 2. The minimum Gasteiger partial charge on any atom is -0.481 e. The largest absolute Gasteiger partial charge is 0.481 e. The second kappa shape index (κ2) is 4.49. The van der Waals surface area contributed by atoms with E-state index in [1.54, 1.807) is 7.11 Å². The fourth-order valence-corrected chi connectivity index (χ4v) is 2.54. The molecule has 0 aromatic carbocycles. The highest BCUT2D eigenvalue weighted by Crippen LogP contribution is 2.26. The summed E-state index contributed by atoms with van der Waals surface area (Å²) in [5.74, 6) is 1.60. The molecule has 5 nitrogen and oxygen atoms in total. The van der Waals surface area contributed by atoms with Gasteiger partial charge in [-0.15, -0.1) is 0 Å². The van der Waals surface area contributed by atoms with Gasteiger partial charge in [0.25, 0.3) is 0 Å². The average molecular weight is 234 g/mol. The highest BCUT2D eigenvalue weighted by atomic mass is 16.5. The summed E-state index contributed by atoms with van der Waals surface area (Å²) in [5.41, 5.74) is 2.28. The van der Waals surface area contributed by atoms with Crippen LogP contribution in [0.25, 0.3) is 0 Å². The molecule has 2 aliphatic heterocycles. The zero-order valence-electron chi connectivity index (χ0n) is 10.2. The molecule has 3 rings (SSSR count). The Bertz CT molecular complexity index is 398. The smallest absolute Gasteiger partial charge is 0.228 e. The first kappa shape index (κ1) is 10.8. The van der Waals surface area contributed by atoms with E-state index < -0.39 is 0 Å². The number of hydrogen-bond acceptors (Lipinski definition) is 5. The van der Waals surface area contributed by atoms with E-state index in [9.17, 15) is 0 Å². The summed E-state index contributed by atoms with van der Waals surface area (Å²) in [6.45, 7) is 3.94. The number of fused-ring (bicyclic) bond motifs is 1. The molecule has 17 heavy (non-hydrogen) atoms. The molecule has 0 radical (unpaired) electrons. The summed E-state index contributed by atoms with van der Waals surface area (Å²) in [6, 6.07) is 0. The molecule has 0 unspecified atom stereocenters. The van der Waals surface area contributed by atoms with E-state index in [0.717, 1.165) is 50.1 Å². The molecule has 0 bridgehead atoms. The van der Waals surface area contributed by atoms with Gasteiger partial charge >= 0.3 is 0 Å². The highest BCUT2D eigenvalue weighted by Gasteiger charge is 2.22. The van der Waals surface area contributed by atoms with Crippen LogP contribution in [0.15, 0.2) is 0 Å². The molecule has 2 aliphatic rings. The minimum absolute atomic E-state index is 0.762. The maximum absolute atomic E-state index is 5.41. The van der Waals surface area contributed by atoms with Crippen LogP contribution in [0.4, 0.5) is 5.95 Å². The van der Waals surface area contributed by atoms with Crippen molar-refractivity contribution in [3.63, 3.8) is 0 Å². The summed E-state index contributed by atoms with van der Waals surface area (Å²) < 4.78 is 5.41. The van der Waals surface area contributed by atoms with E-state index in [2.05, 4.69) is 20.2 Å². The summed E-state index contributed by atoms with van der Waals surface area (Å²) in [6.07, 6.45) is 3.43. The fraction of sp³-hybridized carbons (Fsp3) is 0.667. The van der Waals surface area contributed by atoms with Crippen molar-refractivity contribution in [3.05, 3.63) is 11.3 Å². The lowest BCUT2D eigenvalue weighted by atomic mass is 10.1. The third-order valence-electron chi connectivity index (χ3n) is 3.47. The predicted molar refractivity (Wildman–Crippen MR) is 65.4 cm³/mol. The lowest BCUT2D eigenvalue weighted by molar-refractivity contribution is 0.386. The number of rotatable bonds is 2. The molecule has 1 fully saturated rings. The number of methoxy groups -OCH3 is 1. The van der Waals surface area contributed by atoms with Crippen molar-refractivity contribution in [2.75, 3.05) is 31.6 Å². The predicted octanol–water partition coefficient (Wildman–Crippen LogP) is 0.731. The fourth-order valence-electron chi connectivity index (χ4n) is 2.54. The Morgan fingerprint density at radius 3 is 2.82 bits per heavy atom. The van der Waals surface area contributed by atoms with Crippen molar-refractivity contribution < 1.29 is 4.74 Å². The first-order valence-corrected chi connectivity index (χ1v) is 6.28. The minimum atomic E-state index is 0.762. The van der Waals surface area contributed by atoms with Gasteiger partial charge in [0.1, 0.15) is 0 Å². The van der Waals surface area contributed by atoms with Crippen LogP contribution in [0.2, 0.25) is 0 Å². The van der Waals surface area contributed by atoms with Crippen LogP contribution in [0.3, 0.4) is 0 Å². The molecule has 0 aliphatic carbocycles. The van der Waals surface area contributed by atoms with E-state index in [0.29, 0.717) is 0 Å². The van der Waals surface area contributed by atoms with Gasteiger partial charge < -0.3 is 15.0 Å². The lowest BCUT2D eigenvalue weighted by Crippen LogP contribution is -2.28. The molecule has 0 spiro atoms. The van der Waals surface area contributed by atoms with Crippen LogP contribution in [-0.4, -0.2) is 36.7 Å². The Morgan fingerprint density at radius 1 is 1.24 bits per heavy atom. The molecule has 1 saturated heterocycles. The summed E-state index contributed by atoms with van der Waals surface area (Å²) in [4.78, 5) is 11.5. The first-order chi connectivity index (χ1) is 8.38. The molecule has 5 heteroatoms. The molecule has 1 aromatic rings. The average Bonchev–Trinajstić information content (AvgIpc) is 2.91. The maximum atomic E-state index is 5.41. The first-order valence-electron chi connectivity index (χ1n) is 6.28. The third-order valence-corrected chi connectivity index (χ3v) is 3.47. The molecule has 3 heterocycles. The van der Waals surface area contributed by atoms with E-state index >= 15 is 0 Å². The molecule has 0 saturated carbocycles. The lowest BCUT2D eigenvalue weighted by Gasteiger charge is -2.22. The molecule has 1 N–H and O–H groups in total. The number of ether oxygens (including phenoxy) is 1.